The third kappa shape index (κ3) is 6.96. The first-order valence-corrected chi connectivity index (χ1v) is 9.93. The fourth-order valence-electron chi connectivity index (χ4n) is 3.05. The van der Waals surface area contributed by atoms with Crippen molar-refractivity contribution in [1.82, 2.24) is 10.6 Å². The van der Waals surface area contributed by atoms with E-state index in [1.807, 2.05) is 0 Å². The van der Waals surface area contributed by atoms with Crippen LogP contribution in [0.4, 0.5) is 0 Å². The first-order valence-electron chi connectivity index (χ1n) is 9.93. The van der Waals surface area contributed by atoms with Gasteiger partial charge >= 0.3 is 0 Å². The molecule has 1 aliphatic rings. The van der Waals surface area contributed by atoms with E-state index in [2.05, 4.69) is 60.7 Å². The molecule has 5 nitrogen and oxygen atoms in total. The Morgan fingerprint density at radius 3 is 2.50 bits per heavy atom. The van der Waals surface area contributed by atoms with Crippen LogP contribution in [0.1, 0.15) is 57.1 Å². The SMILES string of the molecule is CCNC(=NCC1(O)CCOCC1)NCCCc1ccc(C(C)C)cc1. The Bertz CT molecular complexity index is 549. The number of aliphatic hydroxyl groups is 1. The molecule has 1 aromatic rings. The summed E-state index contributed by atoms with van der Waals surface area (Å²) < 4.78 is 5.32. The van der Waals surface area contributed by atoms with Crippen molar-refractivity contribution in [2.24, 2.45) is 4.99 Å². The number of nitrogens with one attached hydrogen (secondary N) is 2. The molecular formula is C21H35N3O2. The normalized spacial score (nSPS) is 17.3. The average molecular weight is 362 g/mol. The smallest absolute Gasteiger partial charge is 0.191 e. The number of ether oxygens (including phenoxy) is 1. The summed E-state index contributed by atoms with van der Waals surface area (Å²) in [6.45, 7) is 9.81. The van der Waals surface area contributed by atoms with Crippen molar-refractivity contribution in [1.29, 1.82) is 0 Å². The highest BCUT2D eigenvalue weighted by Crippen LogP contribution is 2.20. The fraction of sp³-hybridized carbons (Fsp3) is 0.667. The molecule has 0 bridgehead atoms. The van der Waals surface area contributed by atoms with E-state index in [9.17, 15) is 5.11 Å². The van der Waals surface area contributed by atoms with Crippen molar-refractivity contribution >= 4 is 5.96 Å². The lowest BCUT2D eigenvalue weighted by Crippen LogP contribution is -2.42. The number of benzene rings is 1. The lowest BCUT2D eigenvalue weighted by molar-refractivity contribution is -0.0565. The molecule has 146 valence electrons. The maximum absolute atomic E-state index is 10.5. The van der Waals surface area contributed by atoms with Gasteiger partial charge in [-0.1, -0.05) is 38.1 Å². The largest absolute Gasteiger partial charge is 0.388 e. The van der Waals surface area contributed by atoms with Crippen molar-refractivity contribution in [2.75, 3.05) is 32.8 Å². The molecule has 1 saturated heterocycles. The summed E-state index contributed by atoms with van der Waals surface area (Å²) in [5, 5.41) is 17.2. The van der Waals surface area contributed by atoms with E-state index in [0.29, 0.717) is 38.5 Å². The first kappa shape index (κ1) is 20.7. The van der Waals surface area contributed by atoms with E-state index in [-0.39, 0.29) is 0 Å². The van der Waals surface area contributed by atoms with E-state index in [0.717, 1.165) is 31.9 Å². The van der Waals surface area contributed by atoms with E-state index in [1.54, 1.807) is 0 Å². The predicted octanol–water partition coefficient (Wildman–Crippen LogP) is 2.84. The summed E-state index contributed by atoms with van der Waals surface area (Å²) in [6, 6.07) is 8.92. The third-order valence-corrected chi connectivity index (χ3v) is 4.88. The van der Waals surface area contributed by atoms with Gasteiger partial charge in [0.15, 0.2) is 5.96 Å². The lowest BCUT2D eigenvalue weighted by atomic mass is 9.95. The number of nitrogens with zero attached hydrogens (tertiary/aromatic N) is 1. The van der Waals surface area contributed by atoms with Crippen LogP contribution in [-0.4, -0.2) is 49.5 Å². The summed E-state index contributed by atoms with van der Waals surface area (Å²) in [5.41, 5.74) is 2.04. The van der Waals surface area contributed by atoms with Gasteiger partial charge in [0.1, 0.15) is 0 Å². The first-order chi connectivity index (χ1) is 12.5. The van der Waals surface area contributed by atoms with Crippen LogP contribution in [0.2, 0.25) is 0 Å². The summed E-state index contributed by atoms with van der Waals surface area (Å²) in [7, 11) is 0. The van der Waals surface area contributed by atoms with Crippen LogP contribution < -0.4 is 10.6 Å². The molecule has 1 aliphatic heterocycles. The second-order valence-electron chi connectivity index (χ2n) is 7.46. The number of guanidine groups is 1. The second-order valence-corrected chi connectivity index (χ2v) is 7.46. The summed E-state index contributed by atoms with van der Waals surface area (Å²) in [5.74, 6) is 1.36. The van der Waals surface area contributed by atoms with E-state index >= 15 is 0 Å². The molecule has 0 radical (unpaired) electrons. The van der Waals surface area contributed by atoms with Crippen molar-refractivity contribution in [3.8, 4) is 0 Å². The second kappa shape index (κ2) is 10.5. The summed E-state index contributed by atoms with van der Waals surface area (Å²) in [6.07, 6.45) is 3.40. The lowest BCUT2D eigenvalue weighted by Gasteiger charge is -2.30. The molecular weight excluding hydrogens is 326 g/mol. The van der Waals surface area contributed by atoms with Crippen molar-refractivity contribution in [3.05, 3.63) is 35.4 Å². The molecule has 0 unspecified atom stereocenters. The maximum Gasteiger partial charge on any atom is 0.191 e. The summed E-state index contributed by atoms with van der Waals surface area (Å²) >= 11 is 0. The highest BCUT2D eigenvalue weighted by Gasteiger charge is 2.29. The van der Waals surface area contributed by atoms with Crippen LogP contribution >= 0.6 is 0 Å². The molecule has 26 heavy (non-hydrogen) atoms. The third-order valence-electron chi connectivity index (χ3n) is 4.88. The average Bonchev–Trinajstić information content (AvgIpc) is 2.64. The Balaban J connectivity index is 1.76. The zero-order chi connectivity index (χ0) is 18.8. The molecule has 2 rings (SSSR count). The van der Waals surface area contributed by atoms with Gasteiger partial charge in [-0.15, -0.1) is 0 Å². The quantitative estimate of drug-likeness (QED) is 0.378. The van der Waals surface area contributed by atoms with E-state index in [4.69, 9.17) is 4.74 Å². The van der Waals surface area contributed by atoms with E-state index in [1.165, 1.54) is 11.1 Å². The molecule has 3 N–H and O–H groups in total. The van der Waals surface area contributed by atoms with Gasteiger partial charge in [0.2, 0.25) is 0 Å². The molecule has 1 fully saturated rings. The zero-order valence-corrected chi connectivity index (χ0v) is 16.6. The maximum atomic E-state index is 10.5. The number of aliphatic imine (C=N–C) groups is 1. The molecule has 0 spiro atoms. The standard InChI is InChI=1S/C21H35N3O2/c1-4-22-20(24-16-21(25)11-14-26-15-12-21)23-13-5-6-18-7-9-19(10-8-18)17(2)3/h7-10,17,25H,4-6,11-16H2,1-3H3,(H2,22,23,24). The Hall–Kier alpha value is -1.59. The minimum absolute atomic E-state index is 0.419. The Kier molecular flexibility index (Phi) is 8.39. The van der Waals surface area contributed by atoms with Gasteiger partial charge in [-0.25, -0.2) is 0 Å². The van der Waals surface area contributed by atoms with Crippen LogP contribution in [0.15, 0.2) is 29.3 Å². The molecule has 0 saturated carbocycles. The number of hydrogen-bond donors (Lipinski definition) is 3. The van der Waals surface area contributed by atoms with Crippen LogP contribution in [0, 0.1) is 0 Å². The molecule has 1 aromatic carbocycles. The van der Waals surface area contributed by atoms with Crippen LogP contribution in [-0.2, 0) is 11.2 Å². The van der Waals surface area contributed by atoms with Gasteiger partial charge in [0.05, 0.1) is 12.1 Å². The predicted molar refractivity (Wildman–Crippen MR) is 108 cm³/mol. The van der Waals surface area contributed by atoms with E-state index < -0.39 is 5.60 Å². The number of rotatable bonds is 8. The van der Waals surface area contributed by atoms with Gasteiger partial charge in [-0.05, 0) is 36.8 Å². The topological polar surface area (TPSA) is 65.9 Å². The molecule has 0 atom stereocenters. The molecule has 0 amide bonds. The highest BCUT2D eigenvalue weighted by atomic mass is 16.5. The highest BCUT2D eigenvalue weighted by molar-refractivity contribution is 5.79. The van der Waals surface area contributed by atoms with Gasteiger partial charge in [0.25, 0.3) is 0 Å². The van der Waals surface area contributed by atoms with Gasteiger partial charge in [-0.3, -0.25) is 4.99 Å². The Morgan fingerprint density at radius 2 is 1.88 bits per heavy atom. The van der Waals surface area contributed by atoms with Crippen LogP contribution in [0.5, 0.6) is 0 Å². The monoisotopic (exact) mass is 361 g/mol. The van der Waals surface area contributed by atoms with Crippen molar-refractivity contribution in [2.45, 2.75) is 58.0 Å². The summed E-state index contributed by atoms with van der Waals surface area (Å²) in [4.78, 5) is 4.57. The molecule has 0 aliphatic carbocycles. The Labute approximate surface area is 158 Å². The molecule has 0 aromatic heterocycles. The minimum atomic E-state index is -0.723. The molecule has 5 heteroatoms. The number of hydrogen-bond acceptors (Lipinski definition) is 3. The number of aryl methyl sites for hydroxylation is 1. The van der Waals surface area contributed by atoms with Gasteiger partial charge < -0.3 is 20.5 Å². The fourth-order valence-corrected chi connectivity index (χ4v) is 3.05. The van der Waals surface area contributed by atoms with Crippen LogP contribution in [0.3, 0.4) is 0 Å². The van der Waals surface area contributed by atoms with Gasteiger partial charge in [-0.2, -0.15) is 0 Å². The van der Waals surface area contributed by atoms with Crippen LogP contribution in [0.25, 0.3) is 0 Å². The zero-order valence-electron chi connectivity index (χ0n) is 16.6. The Morgan fingerprint density at radius 1 is 1.19 bits per heavy atom. The van der Waals surface area contributed by atoms with Crippen molar-refractivity contribution < 1.29 is 9.84 Å². The van der Waals surface area contributed by atoms with Gasteiger partial charge in [0, 0.05) is 39.1 Å². The molecule has 1 heterocycles. The minimum Gasteiger partial charge on any atom is -0.388 e. The van der Waals surface area contributed by atoms with Crippen molar-refractivity contribution in [3.63, 3.8) is 0 Å².